The third kappa shape index (κ3) is 4.87. The summed E-state index contributed by atoms with van der Waals surface area (Å²) in [6.07, 6.45) is -1.39. The van der Waals surface area contributed by atoms with E-state index in [9.17, 15) is 18.0 Å². The largest absolute Gasteiger partial charge is 0.484 e. The SMILES string of the molecule is C[C@H](NC(=O)COc1ccc(C(F)(F)F)cc1)c1ccc(-n2cncn2)cc1. The minimum absolute atomic E-state index is 0.188. The molecule has 0 saturated heterocycles. The van der Waals surface area contributed by atoms with E-state index >= 15 is 0 Å². The number of ether oxygens (including phenoxy) is 1. The quantitative estimate of drug-likeness (QED) is 0.699. The first-order valence-electron chi connectivity index (χ1n) is 8.37. The Morgan fingerprint density at radius 2 is 1.82 bits per heavy atom. The van der Waals surface area contributed by atoms with Crippen LogP contribution in [0, 0.1) is 0 Å². The number of carbonyl (C=O) groups is 1. The molecule has 1 atom stereocenters. The highest BCUT2D eigenvalue weighted by molar-refractivity contribution is 5.78. The zero-order valence-electron chi connectivity index (χ0n) is 14.8. The van der Waals surface area contributed by atoms with Crippen LogP contribution in [-0.2, 0) is 11.0 Å². The van der Waals surface area contributed by atoms with Crippen molar-refractivity contribution in [2.24, 2.45) is 0 Å². The molecule has 3 rings (SSSR count). The van der Waals surface area contributed by atoms with Gasteiger partial charge < -0.3 is 10.1 Å². The van der Waals surface area contributed by atoms with Gasteiger partial charge in [0.05, 0.1) is 17.3 Å². The maximum atomic E-state index is 12.5. The fourth-order valence-corrected chi connectivity index (χ4v) is 2.51. The van der Waals surface area contributed by atoms with Crippen molar-refractivity contribution in [3.8, 4) is 11.4 Å². The Labute approximate surface area is 159 Å². The van der Waals surface area contributed by atoms with Crippen molar-refractivity contribution in [1.82, 2.24) is 20.1 Å². The van der Waals surface area contributed by atoms with Crippen LogP contribution in [0.1, 0.15) is 24.1 Å². The van der Waals surface area contributed by atoms with Crippen LogP contribution in [0.2, 0.25) is 0 Å². The molecule has 0 unspecified atom stereocenters. The van der Waals surface area contributed by atoms with Gasteiger partial charge in [0.15, 0.2) is 6.61 Å². The minimum Gasteiger partial charge on any atom is -0.484 e. The van der Waals surface area contributed by atoms with E-state index in [2.05, 4.69) is 15.4 Å². The summed E-state index contributed by atoms with van der Waals surface area (Å²) in [4.78, 5) is 15.9. The molecule has 1 aromatic heterocycles. The summed E-state index contributed by atoms with van der Waals surface area (Å²) >= 11 is 0. The summed E-state index contributed by atoms with van der Waals surface area (Å²) in [5.41, 5.74) is 0.949. The Hall–Kier alpha value is -3.36. The highest BCUT2D eigenvalue weighted by Crippen LogP contribution is 2.30. The van der Waals surface area contributed by atoms with Gasteiger partial charge in [-0.1, -0.05) is 12.1 Å². The van der Waals surface area contributed by atoms with Gasteiger partial charge in [-0.15, -0.1) is 0 Å². The van der Waals surface area contributed by atoms with Crippen molar-refractivity contribution in [3.05, 3.63) is 72.3 Å². The Kier molecular flexibility index (Phi) is 5.62. The zero-order valence-corrected chi connectivity index (χ0v) is 14.8. The van der Waals surface area contributed by atoms with Gasteiger partial charge in [0.1, 0.15) is 18.4 Å². The lowest BCUT2D eigenvalue weighted by Crippen LogP contribution is -2.31. The van der Waals surface area contributed by atoms with Crippen molar-refractivity contribution in [2.45, 2.75) is 19.1 Å². The van der Waals surface area contributed by atoms with Crippen LogP contribution in [0.5, 0.6) is 5.75 Å². The molecule has 0 radical (unpaired) electrons. The van der Waals surface area contributed by atoms with E-state index in [0.717, 1.165) is 23.4 Å². The number of halogens is 3. The Morgan fingerprint density at radius 3 is 2.39 bits per heavy atom. The molecule has 0 aliphatic carbocycles. The Balaban J connectivity index is 1.51. The highest BCUT2D eigenvalue weighted by Gasteiger charge is 2.30. The number of rotatable bonds is 6. The average molecular weight is 390 g/mol. The molecule has 0 aliphatic rings. The van der Waals surface area contributed by atoms with E-state index in [4.69, 9.17) is 4.74 Å². The fraction of sp³-hybridized carbons (Fsp3) is 0.211. The summed E-state index contributed by atoms with van der Waals surface area (Å²) in [6, 6.07) is 11.3. The second-order valence-corrected chi connectivity index (χ2v) is 6.03. The second kappa shape index (κ2) is 8.12. The normalized spacial score (nSPS) is 12.4. The van der Waals surface area contributed by atoms with Gasteiger partial charge in [-0.05, 0) is 48.9 Å². The van der Waals surface area contributed by atoms with E-state index < -0.39 is 11.7 Å². The smallest absolute Gasteiger partial charge is 0.416 e. The van der Waals surface area contributed by atoms with Crippen molar-refractivity contribution >= 4 is 5.91 Å². The molecule has 28 heavy (non-hydrogen) atoms. The number of alkyl halides is 3. The molecule has 146 valence electrons. The monoisotopic (exact) mass is 390 g/mol. The standard InChI is InChI=1S/C19H17F3N4O2/c1-13(14-2-6-16(7-3-14)26-12-23-11-24-26)25-18(27)10-28-17-8-4-15(5-9-17)19(20,21)22/h2-9,11-13H,10H2,1H3,(H,25,27)/t13-/m0/s1. The predicted molar refractivity (Wildman–Crippen MR) is 94.9 cm³/mol. The van der Waals surface area contributed by atoms with E-state index in [-0.39, 0.29) is 24.3 Å². The first-order valence-corrected chi connectivity index (χ1v) is 8.37. The van der Waals surface area contributed by atoms with Crippen molar-refractivity contribution in [1.29, 1.82) is 0 Å². The number of hydrogen-bond donors (Lipinski definition) is 1. The lowest BCUT2D eigenvalue weighted by atomic mass is 10.1. The molecule has 1 amide bonds. The number of aromatic nitrogens is 3. The molecule has 0 spiro atoms. The summed E-state index contributed by atoms with van der Waals surface area (Å²) in [5, 5.41) is 6.82. The van der Waals surface area contributed by atoms with Crippen LogP contribution < -0.4 is 10.1 Å². The van der Waals surface area contributed by atoms with E-state index in [1.807, 2.05) is 31.2 Å². The summed E-state index contributed by atoms with van der Waals surface area (Å²) in [6.45, 7) is 1.52. The van der Waals surface area contributed by atoms with Crippen molar-refractivity contribution in [3.63, 3.8) is 0 Å². The Bertz CT molecular complexity index is 908. The summed E-state index contributed by atoms with van der Waals surface area (Å²) < 4.78 is 44.4. The van der Waals surface area contributed by atoms with Gasteiger partial charge in [0.25, 0.3) is 5.91 Å². The maximum Gasteiger partial charge on any atom is 0.416 e. The van der Waals surface area contributed by atoms with Crippen LogP contribution in [0.4, 0.5) is 13.2 Å². The van der Waals surface area contributed by atoms with Crippen molar-refractivity contribution < 1.29 is 22.7 Å². The zero-order chi connectivity index (χ0) is 20.1. The van der Waals surface area contributed by atoms with Crippen LogP contribution in [0.3, 0.4) is 0 Å². The van der Waals surface area contributed by atoms with Crippen LogP contribution >= 0.6 is 0 Å². The van der Waals surface area contributed by atoms with Gasteiger partial charge in [0.2, 0.25) is 0 Å². The van der Waals surface area contributed by atoms with Gasteiger partial charge in [-0.2, -0.15) is 18.3 Å². The molecule has 1 N–H and O–H groups in total. The lowest BCUT2D eigenvalue weighted by Gasteiger charge is -2.15. The maximum absolute atomic E-state index is 12.5. The average Bonchev–Trinajstić information content (AvgIpc) is 3.21. The number of hydrogen-bond acceptors (Lipinski definition) is 4. The van der Waals surface area contributed by atoms with Crippen molar-refractivity contribution in [2.75, 3.05) is 6.61 Å². The summed E-state index contributed by atoms with van der Waals surface area (Å²) in [5.74, 6) is -0.194. The van der Waals surface area contributed by atoms with Crippen LogP contribution in [0.15, 0.2) is 61.2 Å². The summed E-state index contributed by atoms with van der Waals surface area (Å²) in [7, 11) is 0. The van der Waals surface area contributed by atoms with E-state index in [1.165, 1.54) is 18.5 Å². The molecular formula is C19H17F3N4O2. The third-order valence-corrected chi connectivity index (χ3v) is 4.01. The number of nitrogens with zero attached hydrogens (tertiary/aromatic N) is 3. The van der Waals surface area contributed by atoms with Gasteiger partial charge in [-0.3, -0.25) is 4.79 Å². The molecule has 2 aromatic carbocycles. The molecule has 1 heterocycles. The molecule has 0 saturated carbocycles. The van der Waals surface area contributed by atoms with E-state index in [0.29, 0.717) is 0 Å². The lowest BCUT2D eigenvalue weighted by molar-refractivity contribution is -0.137. The minimum atomic E-state index is -4.41. The van der Waals surface area contributed by atoms with Crippen LogP contribution in [0.25, 0.3) is 5.69 Å². The number of benzene rings is 2. The predicted octanol–water partition coefficient (Wildman–Crippen LogP) is 3.54. The first-order chi connectivity index (χ1) is 13.3. The molecule has 0 aliphatic heterocycles. The molecule has 0 fully saturated rings. The first kappa shape index (κ1) is 19.4. The van der Waals surface area contributed by atoms with Gasteiger partial charge >= 0.3 is 6.18 Å². The number of amides is 1. The topological polar surface area (TPSA) is 69.0 Å². The number of nitrogens with one attached hydrogen (secondary N) is 1. The molecule has 9 heteroatoms. The molecular weight excluding hydrogens is 373 g/mol. The fourth-order valence-electron chi connectivity index (χ4n) is 2.51. The van der Waals surface area contributed by atoms with E-state index in [1.54, 1.807) is 11.0 Å². The highest BCUT2D eigenvalue weighted by atomic mass is 19.4. The molecule has 0 bridgehead atoms. The molecule has 6 nitrogen and oxygen atoms in total. The Morgan fingerprint density at radius 1 is 1.14 bits per heavy atom. The van der Waals surface area contributed by atoms with Gasteiger partial charge in [0, 0.05) is 0 Å². The number of carbonyl (C=O) groups excluding carboxylic acids is 1. The second-order valence-electron chi connectivity index (χ2n) is 6.03. The van der Waals surface area contributed by atoms with Gasteiger partial charge in [-0.25, -0.2) is 9.67 Å². The van der Waals surface area contributed by atoms with Crippen LogP contribution in [-0.4, -0.2) is 27.3 Å². The molecule has 3 aromatic rings. The third-order valence-electron chi connectivity index (χ3n) is 4.01.